The molecule has 5 aromatic rings. The molecule has 0 atom stereocenters. The number of aromatic nitrogens is 1. The molecule has 4 aromatic carbocycles. The van der Waals surface area contributed by atoms with Gasteiger partial charge in [-0.3, -0.25) is 0 Å². The lowest BCUT2D eigenvalue weighted by Gasteiger charge is -2.41. The zero-order valence-corrected chi connectivity index (χ0v) is 21.0. The number of benzene rings is 4. The molecule has 0 saturated heterocycles. The van der Waals surface area contributed by atoms with Gasteiger partial charge in [-0.25, -0.2) is 4.98 Å². The van der Waals surface area contributed by atoms with Crippen LogP contribution < -0.4 is 14.8 Å². The van der Waals surface area contributed by atoms with Gasteiger partial charge in [0.05, 0.1) is 11.3 Å². The van der Waals surface area contributed by atoms with Gasteiger partial charge in [0.25, 0.3) is 5.84 Å². The first-order valence-electron chi connectivity index (χ1n) is 11.9. The number of anilines is 2. The molecule has 0 radical (unpaired) electrons. The first kappa shape index (κ1) is 22.2. The summed E-state index contributed by atoms with van der Waals surface area (Å²) >= 11 is 1.65. The highest BCUT2D eigenvalue weighted by molar-refractivity contribution is 7.15. The predicted octanol–water partition coefficient (Wildman–Crippen LogP) is 7.62. The largest absolute Gasteiger partial charge is 0.291 e. The number of quaternary nitrogens is 1. The lowest BCUT2D eigenvalue weighted by molar-refractivity contribution is 0.518. The first-order valence-corrected chi connectivity index (χ1v) is 12.8. The molecule has 0 fully saturated rings. The molecule has 6 rings (SSSR count). The van der Waals surface area contributed by atoms with E-state index in [9.17, 15) is 0 Å². The van der Waals surface area contributed by atoms with E-state index in [2.05, 4.69) is 128 Å². The molecule has 2 heterocycles. The van der Waals surface area contributed by atoms with Crippen LogP contribution >= 0.6 is 11.3 Å². The van der Waals surface area contributed by atoms with Gasteiger partial charge in [-0.1, -0.05) is 104 Å². The number of hydrazine groups is 1. The highest BCUT2D eigenvalue weighted by Crippen LogP contribution is 2.47. The molecule has 6 heteroatoms. The Kier molecular flexibility index (Phi) is 5.60. The van der Waals surface area contributed by atoms with E-state index in [1.165, 1.54) is 4.88 Å². The SMILES string of the molecule is Cc1nc(N2N=C(c3ccccc3)[N+](c3ccccc3)(c3ccccc3)N2c2ccccc2)sc1C. The number of para-hydroxylation sites is 3. The summed E-state index contributed by atoms with van der Waals surface area (Å²) in [6, 6.07) is 42.0. The number of hydrogen-bond donors (Lipinski definition) is 0. The second-order valence-corrected chi connectivity index (χ2v) is 9.83. The topological polar surface area (TPSA) is 31.7 Å². The monoisotopic (exact) mass is 488 g/mol. The average Bonchev–Trinajstić information content (AvgIpc) is 3.48. The Morgan fingerprint density at radius 1 is 0.639 bits per heavy atom. The molecule has 1 aromatic heterocycles. The summed E-state index contributed by atoms with van der Waals surface area (Å²) in [6.45, 7) is 4.16. The van der Waals surface area contributed by atoms with Crippen molar-refractivity contribution >= 4 is 39.4 Å². The zero-order chi connectivity index (χ0) is 24.5. The number of amidine groups is 1. The molecule has 5 nitrogen and oxygen atoms in total. The second-order valence-electron chi connectivity index (χ2n) is 8.65. The van der Waals surface area contributed by atoms with Crippen molar-refractivity contribution < 1.29 is 0 Å². The van der Waals surface area contributed by atoms with Crippen LogP contribution in [0.2, 0.25) is 0 Å². The van der Waals surface area contributed by atoms with E-state index in [-0.39, 0.29) is 4.59 Å². The van der Waals surface area contributed by atoms with Gasteiger partial charge in [0.1, 0.15) is 5.69 Å². The molecule has 0 spiro atoms. The van der Waals surface area contributed by atoms with Crippen LogP contribution in [0, 0.1) is 13.8 Å². The van der Waals surface area contributed by atoms with Gasteiger partial charge in [-0.05, 0) is 38.1 Å². The van der Waals surface area contributed by atoms with E-state index >= 15 is 0 Å². The van der Waals surface area contributed by atoms with E-state index in [4.69, 9.17) is 10.1 Å². The fraction of sp³-hybridized carbons (Fsp3) is 0.0667. The maximum absolute atomic E-state index is 5.34. The summed E-state index contributed by atoms with van der Waals surface area (Å²) in [5.41, 5.74) is 5.21. The van der Waals surface area contributed by atoms with Crippen LogP contribution in [0.4, 0.5) is 22.2 Å². The van der Waals surface area contributed by atoms with Crippen LogP contribution in [0.15, 0.2) is 126 Å². The van der Waals surface area contributed by atoms with Crippen LogP contribution in [-0.4, -0.2) is 10.8 Å². The minimum Gasteiger partial charge on any atom is -0.222 e. The van der Waals surface area contributed by atoms with Gasteiger partial charge < -0.3 is 0 Å². The van der Waals surface area contributed by atoms with Crippen molar-refractivity contribution in [3.8, 4) is 0 Å². The minimum absolute atomic E-state index is 0.257. The maximum atomic E-state index is 5.34. The van der Waals surface area contributed by atoms with Crippen molar-refractivity contribution in [2.45, 2.75) is 13.8 Å². The van der Waals surface area contributed by atoms with E-state index in [0.717, 1.165) is 39.3 Å². The Bertz CT molecular complexity index is 1440. The third-order valence-corrected chi connectivity index (χ3v) is 7.47. The Balaban J connectivity index is 1.74. The fourth-order valence-electron chi connectivity index (χ4n) is 4.65. The molecule has 36 heavy (non-hydrogen) atoms. The lowest BCUT2D eigenvalue weighted by atomic mass is 10.1. The standard InChI is InChI=1S/C30H26N5S/c1-23-24(2)36-30(31-23)33-32-29(25-15-7-3-8-16-25)35(27-19-11-5-12-20-27,28-21-13-6-14-22-28)34(33)26-17-9-4-10-18-26/h3-22H,1-2H3/q+1. The third kappa shape index (κ3) is 3.50. The zero-order valence-electron chi connectivity index (χ0n) is 20.2. The minimum atomic E-state index is 0.257. The van der Waals surface area contributed by atoms with Gasteiger partial charge in [0.2, 0.25) is 5.13 Å². The average molecular weight is 489 g/mol. The first-order chi connectivity index (χ1) is 17.7. The molecule has 0 N–H and O–H groups in total. The molecule has 0 amide bonds. The Hall–Kier alpha value is -4.26. The van der Waals surface area contributed by atoms with Crippen molar-refractivity contribution in [2.75, 3.05) is 10.2 Å². The van der Waals surface area contributed by atoms with Crippen LogP contribution in [0.3, 0.4) is 0 Å². The normalized spacial score (nSPS) is 14.7. The van der Waals surface area contributed by atoms with Crippen molar-refractivity contribution in [3.63, 3.8) is 0 Å². The number of nitrogens with zero attached hydrogens (tertiary/aromatic N) is 5. The van der Waals surface area contributed by atoms with Gasteiger partial charge >= 0.3 is 0 Å². The molecule has 0 aliphatic carbocycles. The Labute approximate surface area is 215 Å². The molecule has 1 aliphatic rings. The van der Waals surface area contributed by atoms with Crippen molar-refractivity contribution in [3.05, 3.63) is 137 Å². The maximum Gasteiger partial charge on any atom is 0.291 e. The van der Waals surface area contributed by atoms with Crippen molar-refractivity contribution in [2.24, 2.45) is 5.10 Å². The summed E-state index contributed by atoms with van der Waals surface area (Å²) < 4.78 is 0.257. The number of hydrazone groups is 1. The summed E-state index contributed by atoms with van der Waals surface area (Å²) in [5.74, 6) is 0.891. The smallest absolute Gasteiger partial charge is 0.222 e. The van der Waals surface area contributed by atoms with Gasteiger partial charge in [-0.15, -0.1) is 0 Å². The molecule has 0 unspecified atom stereocenters. The van der Waals surface area contributed by atoms with Gasteiger partial charge in [0.15, 0.2) is 11.4 Å². The molecule has 1 aliphatic heterocycles. The number of aryl methyl sites for hydroxylation is 2. The highest BCUT2D eigenvalue weighted by atomic mass is 32.1. The fourth-order valence-corrected chi connectivity index (χ4v) is 5.50. The van der Waals surface area contributed by atoms with Crippen LogP contribution in [0.25, 0.3) is 0 Å². The summed E-state index contributed by atoms with van der Waals surface area (Å²) in [7, 11) is 0. The summed E-state index contributed by atoms with van der Waals surface area (Å²) in [4.78, 5) is 6.11. The Morgan fingerprint density at radius 2 is 1.14 bits per heavy atom. The second kappa shape index (κ2) is 9.07. The number of hydrogen-bond acceptors (Lipinski definition) is 5. The molecule has 0 bridgehead atoms. The molecular weight excluding hydrogens is 462 g/mol. The molecular formula is C30H26N5S+. The van der Waals surface area contributed by atoms with Crippen LogP contribution in [-0.2, 0) is 0 Å². The third-order valence-electron chi connectivity index (χ3n) is 6.43. The molecule has 0 saturated carbocycles. The van der Waals surface area contributed by atoms with Crippen molar-refractivity contribution in [1.29, 1.82) is 0 Å². The van der Waals surface area contributed by atoms with Crippen LogP contribution in [0.1, 0.15) is 16.1 Å². The van der Waals surface area contributed by atoms with Gasteiger partial charge in [-0.2, -0.15) is 0 Å². The van der Waals surface area contributed by atoms with Crippen LogP contribution in [0.5, 0.6) is 0 Å². The van der Waals surface area contributed by atoms with E-state index in [1.54, 1.807) is 11.3 Å². The Morgan fingerprint density at radius 3 is 1.64 bits per heavy atom. The lowest BCUT2D eigenvalue weighted by Crippen LogP contribution is -2.62. The van der Waals surface area contributed by atoms with E-state index in [1.807, 2.05) is 17.3 Å². The number of thiazole rings is 1. The predicted molar refractivity (Wildman–Crippen MR) is 150 cm³/mol. The quantitative estimate of drug-likeness (QED) is 0.239. The number of rotatable bonds is 5. The summed E-state index contributed by atoms with van der Waals surface area (Å²) in [6.07, 6.45) is 0. The van der Waals surface area contributed by atoms with E-state index < -0.39 is 0 Å². The van der Waals surface area contributed by atoms with Gasteiger partial charge in [0, 0.05) is 29.1 Å². The summed E-state index contributed by atoms with van der Waals surface area (Å²) in [5, 5.41) is 10.4. The van der Waals surface area contributed by atoms with E-state index in [0.29, 0.717) is 0 Å². The van der Waals surface area contributed by atoms with Crippen molar-refractivity contribution in [1.82, 2.24) is 9.58 Å². The highest BCUT2D eigenvalue weighted by Gasteiger charge is 2.56. The molecule has 176 valence electrons.